The lowest BCUT2D eigenvalue weighted by atomic mass is 9.63. The third kappa shape index (κ3) is 6.00. The quantitative estimate of drug-likeness (QED) is 0.167. The van der Waals surface area contributed by atoms with E-state index in [0.717, 1.165) is 29.2 Å². The molecule has 0 fully saturated rings. The SMILES string of the molecule is c1ccc(-c2ccc(N(c3cccc(-n4c5ccccc5c5ccccc54)c3)c3cccc4c3-c3ccccc3-c3ccccc3Cc3ccccc3C43c4ccccc4-c4ccccc43)cc2)cc1. The smallest absolute Gasteiger partial charge is 0.0723 e. The van der Waals surface area contributed by atoms with Crippen LogP contribution in [0.4, 0.5) is 17.1 Å². The first kappa shape index (κ1) is 40.1. The van der Waals surface area contributed by atoms with Crippen molar-refractivity contribution < 1.29 is 0 Å². The molecule has 2 aliphatic carbocycles. The van der Waals surface area contributed by atoms with Gasteiger partial charge in [0.05, 0.1) is 22.1 Å². The number of fused-ring (bicyclic) bond motifs is 16. The Morgan fingerprint density at radius 1 is 0.329 bits per heavy atom. The zero-order valence-electron chi connectivity index (χ0n) is 38.5. The Balaban J connectivity index is 1.12. The number of rotatable bonds is 5. The van der Waals surface area contributed by atoms with Gasteiger partial charge in [0.25, 0.3) is 0 Å². The first-order valence-corrected chi connectivity index (χ1v) is 24.4. The van der Waals surface area contributed by atoms with Crippen molar-refractivity contribution in [3.8, 4) is 50.2 Å². The lowest BCUT2D eigenvalue weighted by molar-refractivity contribution is 0.758. The summed E-state index contributed by atoms with van der Waals surface area (Å²) in [5.41, 5.74) is 23.7. The molecule has 2 aliphatic rings. The minimum absolute atomic E-state index is 0.665. The van der Waals surface area contributed by atoms with E-state index in [1.807, 2.05) is 0 Å². The summed E-state index contributed by atoms with van der Waals surface area (Å²) < 4.78 is 2.43. The average molecular weight is 891 g/mol. The van der Waals surface area contributed by atoms with Crippen LogP contribution in [0.25, 0.3) is 72.0 Å². The summed E-state index contributed by atoms with van der Waals surface area (Å²) in [6.45, 7) is 0. The maximum absolute atomic E-state index is 2.52. The number of benzene rings is 11. The molecule has 2 heteroatoms. The second-order valence-corrected chi connectivity index (χ2v) is 18.7. The monoisotopic (exact) mass is 890 g/mol. The molecule has 0 unspecified atom stereocenters. The second kappa shape index (κ2) is 16.1. The normalized spacial score (nSPS) is 12.9. The topological polar surface area (TPSA) is 8.17 Å². The molecule has 1 heterocycles. The van der Waals surface area contributed by atoms with Crippen LogP contribution in [-0.2, 0) is 11.8 Å². The standard InChI is InChI=1S/C68H46N2/c1-2-20-46(21-3-1)47-40-42-50(43-41-47)69(51-24-18-25-52(45-51)70-64-37-16-11-30-57(64)58-31-12-17-38-65(58)70)66-39-19-36-63-67(66)59-32-8-7-27-54(59)53-26-6-4-22-48(53)44-49-23-5-13-33-60(49)68(63)61-34-14-9-28-55(61)56-29-10-15-35-62(56)68/h1-43,45H,44H2. The minimum Gasteiger partial charge on any atom is -0.310 e. The van der Waals surface area contributed by atoms with E-state index in [1.54, 1.807) is 0 Å². The van der Waals surface area contributed by atoms with Gasteiger partial charge in [0.2, 0.25) is 0 Å². The second-order valence-electron chi connectivity index (χ2n) is 18.7. The highest BCUT2D eigenvalue weighted by molar-refractivity contribution is 6.09. The molecule has 0 radical (unpaired) electrons. The van der Waals surface area contributed by atoms with Gasteiger partial charge in [-0.05, 0) is 127 Å². The predicted molar refractivity (Wildman–Crippen MR) is 292 cm³/mol. The van der Waals surface area contributed by atoms with Gasteiger partial charge in [-0.3, -0.25) is 0 Å². The van der Waals surface area contributed by atoms with Gasteiger partial charge in [0.1, 0.15) is 0 Å². The molecule has 328 valence electrons. The van der Waals surface area contributed by atoms with Crippen LogP contribution in [0, 0.1) is 0 Å². The number of hydrogen-bond acceptors (Lipinski definition) is 1. The Morgan fingerprint density at radius 2 is 0.843 bits per heavy atom. The van der Waals surface area contributed by atoms with Gasteiger partial charge in [-0.15, -0.1) is 0 Å². The van der Waals surface area contributed by atoms with E-state index in [4.69, 9.17) is 0 Å². The Hall–Kier alpha value is -8.98. The summed E-state index contributed by atoms with van der Waals surface area (Å²) in [6, 6.07) is 99.5. The van der Waals surface area contributed by atoms with Gasteiger partial charge in [0.15, 0.2) is 0 Å². The van der Waals surface area contributed by atoms with Crippen molar-refractivity contribution >= 4 is 38.9 Å². The summed E-state index contributed by atoms with van der Waals surface area (Å²) in [5.74, 6) is 0. The molecule has 0 aliphatic heterocycles. The Morgan fingerprint density at radius 3 is 1.54 bits per heavy atom. The van der Waals surface area contributed by atoms with Gasteiger partial charge in [-0.25, -0.2) is 0 Å². The molecular weight excluding hydrogens is 845 g/mol. The van der Waals surface area contributed by atoms with Crippen molar-refractivity contribution in [3.63, 3.8) is 0 Å². The number of hydrogen-bond donors (Lipinski definition) is 0. The molecule has 14 rings (SSSR count). The van der Waals surface area contributed by atoms with Gasteiger partial charge in [-0.2, -0.15) is 0 Å². The van der Waals surface area contributed by atoms with E-state index in [9.17, 15) is 0 Å². The minimum atomic E-state index is -0.665. The molecule has 2 nitrogen and oxygen atoms in total. The van der Waals surface area contributed by atoms with Crippen LogP contribution in [0.3, 0.4) is 0 Å². The zero-order chi connectivity index (χ0) is 46.2. The van der Waals surface area contributed by atoms with Crippen molar-refractivity contribution in [3.05, 3.63) is 300 Å². The number of anilines is 3. The third-order valence-electron chi connectivity index (χ3n) is 15.1. The Kier molecular flexibility index (Phi) is 9.22. The van der Waals surface area contributed by atoms with E-state index in [0.29, 0.717) is 0 Å². The van der Waals surface area contributed by atoms with Crippen molar-refractivity contribution in [1.29, 1.82) is 0 Å². The summed E-state index contributed by atoms with van der Waals surface area (Å²) >= 11 is 0. The molecule has 70 heavy (non-hydrogen) atoms. The molecule has 0 saturated carbocycles. The van der Waals surface area contributed by atoms with Gasteiger partial charge in [0, 0.05) is 33.4 Å². The molecule has 12 aromatic rings. The van der Waals surface area contributed by atoms with Crippen LogP contribution in [0.15, 0.2) is 267 Å². The van der Waals surface area contributed by atoms with E-state index in [2.05, 4.69) is 276 Å². The van der Waals surface area contributed by atoms with E-state index < -0.39 is 5.41 Å². The predicted octanol–water partition coefficient (Wildman–Crippen LogP) is 17.5. The van der Waals surface area contributed by atoms with E-state index >= 15 is 0 Å². The number of aromatic nitrogens is 1. The Bertz CT molecular complexity index is 3890. The maximum Gasteiger partial charge on any atom is 0.0723 e. The summed E-state index contributed by atoms with van der Waals surface area (Å²) in [5, 5.41) is 2.49. The highest BCUT2D eigenvalue weighted by atomic mass is 15.1. The molecular formula is C68H46N2. The van der Waals surface area contributed by atoms with E-state index in [1.165, 1.54) is 99.7 Å². The molecule has 0 N–H and O–H groups in total. The lowest BCUT2D eigenvalue weighted by Gasteiger charge is -2.40. The molecule has 1 aromatic heterocycles. The molecule has 1 spiro atoms. The molecule has 0 amide bonds. The summed E-state index contributed by atoms with van der Waals surface area (Å²) in [7, 11) is 0. The van der Waals surface area contributed by atoms with Crippen LogP contribution in [0.5, 0.6) is 0 Å². The van der Waals surface area contributed by atoms with Crippen LogP contribution in [0.2, 0.25) is 0 Å². The maximum atomic E-state index is 2.52. The fraction of sp³-hybridized carbons (Fsp3) is 0.0294. The highest BCUT2D eigenvalue weighted by Crippen LogP contribution is 2.61. The Labute approximate surface area is 408 Å². The molecule has 0 bridgehead atoms. The zero-order valence-corrected chi connectivity index (χ0v) is 38.5. The molecule has 11 aromatic carbocycles. The van der Waals surface area contributed by atoms with Crippen molar-refractivity contribution in [2.75, 3.05) is 4.90 Å². The summed E-state index contributed by atoms with van der Waals surface area (Å²) in [6.07, 6.45) is 0.803. The fourth-order valence-electron chi connectivity index (χ4n) is 12.2. The first-order chi connectivity index (χ1) is 34.8. The number of para-hydroxylation sites is 2. The first-order valence-electron chi connectivity index (χ1n) is 24.4. The van der Waals surface area contributed by atoms with Crippen molar-refractivity contribution in [2.45, 2.75) is 11.8 Å². The third-order valence-corrected chi connectivity index (χ3v) is 15.1. The van der Waals surface area contributed by atoms with Crippen molar-refractivity contribution in [1.82, 2.24) is 4.57 Å². The van der Waals surface area contributed by atoms with Gasteiger partial charge in [-0.1, -0.05) is 218 Å². The fourth-order valence-corrected chi connectivity index (χ4v) is 12.2. The van der Waals surface area contributed by atoms with E-state index in [-0.39, 0.29) is 0 Å². The van der Waals surface area contributed by atoms with Crippen LogP contribution in [0.1, 0.15) is 33.4 Å². The van der Waals surface area contributed by atoms with Gasteiger partial charge >= 0.3 is 0 Å². The van der Waals surface area contributed by atoms with Gasteiger partial charge < -0.3 is 9.47 Å². The van der Waals surface area contributed by atoms with Crippen LogP contribution < -0.4 is 4.90 Å². The number of nitrogens with zero attached hydrogens (tertiary/aromatic N) is 2. The summed E-state index contributed by atoms with van der Waals surface area (Å²) in [4.78, 5) is 2.52. The van der Waals surface area contributed by atoms with Crippen molar-refractivity contribution in [2.24, 2.45) is 0 Å². The molecule has 0 saturated heterocycles. The van der Waals surface area contributed by atoms with Crippen LogP contribution >= 0.6 is 0 Å². The molecule has 0 atom stereocenters. The lowest BCUT2D eigenvalue weighted by Crippen LogP contribution is -2.31. The highest BCUT2D eigenvalue weighted by Gasteiger charge is 2.49. The van der Waals surface area contributed by atoms with Crippen LogP contribution in [-0.4, -0.2) is 4.57 Å². The average Bonchev–Trinajstić information content (AvgIpc) is 3.93. The largest absolute Gasteiger partial charge is 0.310 e.